The lowest BCUT2D eigenvalue weighted by molar-refractivity contribution is -0.115. The van der Waals surface area contributed by atoms with Crippen LogP contribution in [0.1, 0.15) is 26.9 Å². The highest BCUT2D eigenvalue weighted by Gasteiger charge is 2.34. The van der Waals surface area contributed by atoms with Crippen LogP contribution in [-0.2, 0) is 4.79 Å². The van der Waals surface area contributed by atoms with Crippen molar-refractivity contribution in [3.63, 3.8) is 0 Å². The van der Waals surface area contributed by atoms with Gasteiger partial charge in [0.1, 0.15) is 5.37 Å². The molecule has 4 nitrogen and oxygen atoms in total. The second-order valence-corrected chi connectivity index (χ2v) is 8.30. The smallest absolute Gasteiger partial charge is 0.257 e. The summed E-state index contributed by atoms with van der Waals surface area (Å²) in [6.45, 7) is 2.01. The van der Waals surface area contributed by atoms with Gasteiger partial charge in [-0.1, -0.05) is 48.0 Å². The fourth-order valence-corrected chi connectivity index (χ4v) is 4.73. The average molecular weight is 423 g/mol. The van der Waals surface area contributed by atoms with Crippen molar-refractivity contribution in [1.29, 1.82) is 0 Å². The van der Waals surface area contributed by atoms with E-state index < -0.39 is 0 Å². The second kappa shape index (κ2) is 8.31. The maximum atomic E-state index is 12.6. The standard InChI is InChI=1S/C23H19ClN2O2S/c1-15-6-4-9-18(12-15)26-21(27)14-29-23(26)16-7-5-8-17(13-16)25-22(28)19-10-2-3-11-20(19)24/h2-13,23H,14H2,1H3,(H,25,28)/t23-/m0/s1. The van der Waals surface area contributed by atoms with E-state index in [1.54, 1.807) is 36.0 Å². The van der Waals surface area contributed by atoms with Gasteiger partial charge in [0.2, 0.25) is 5.91 Å². The maximum Gasteiger partial charge on any atom is 0.257 e. The number of thioether (sulfide) groups is 1. The topological polar surface area (TPSA) is 49.4 Å². The van der Waals surface area contributed by atoms with E-state index in [9.17, 15) is 9.59 Å². The number of nitrogens with zero attached hydrogens (tertiary/aromatic N) is 1. The van der Waals surface area contributed by atoms with Crippen molar-refractivity contribution < 1.29 is 9.59 Å². The lowest BCUT2D eigenvalue weighted by Gasteiger charge is -2.25. The third kappa shape index (κ3) is 4.16. The number of nitrogens with one attached hydrogen (secondary N) is 1. The molecule has 3 aromatic carbocycles. The molecule has 2 amide bonds. The Morgan fingerprint density at radius 2 is 1.86 bits per heavy atom. The molecule has 0 aromatic heterocycles. The third-order valence-corrected chi connectivity index (χ3v) is 6.24. The first-order valence-corrected chi connectivity index (χ1v) is 10.6. The first-order chi connectivity index (χ1) is 14.0. The van der Waals surface area contributed by atoms with Crippen molar-refractivity contribution in [1.82, 2.24) is 0 Å². The van der Waals surface area contributed by atoms with Gasteiger partial charge in [-0.3, -0.25) is 14.5 Å². The number of halogens is 1. The van der Waals surface area contributed by atoms with Crippen molar-refractivity contribution in [3.05, 3.63) is 94.5 Å². The molecule has 1 aliphatic rings. The minimum absolute atomic E-state index is 0.0797. The number of aryl methyl sites for hydroxylation is 1. The maximum absolute atomic E-state index is 12.6. The molecule has 3 aromatic rings. The molecule has 29 heavy (non-hydrogen) atoms. The van der Waals surface area contributed by atoms with E-state index in [0.717, 1.165) is 16.8 Å². The highest BCUT2D eigenvalue weighted by atomic mass is 35.5. The van der Waals surface area contributed by atoms with Crippen molar-refractivity contribution in [2.24, 2.45) is 0 Å². The molecule has 1 saturated heterocycles. The molecule has 1 N–H and O–H groups in total. The number of hydrogen-bond acceptors (Lipinski definition) is 3. The average Bonchev–Trinajstić information content (AvgIpc) is 3.10. The lowest BCUT2D eigenvalue weighted by atomic mass is 10.1. The van der Waals surface area contributed by atoms with Crippen molar-refractivity contribution >= 4 is 46.6 Å². The zero-order chi connectivity index (χ0) is 20.4. The Bertz CT molecular complexity index is 1090. The zero-order valence-electron chi connectivity index (χ0n) is 15.8. The van der Waals surface area contributed by atoms with Crippen LogP contribution in [-0.4, -0.2) is 17.6 Å². The second-order valence-electron chi connectivity index (χ2n) is 6.83. The normalized spacial score (nSPS) is 16.1. The van der Waals surface area contributed by atoms with E-state index in [2.05, 4.69) is 5.32 Å². The molecule has 0 spiro atoms. The van der Waals surface area contributed by atoms with Crippen LogP contribution in [0, 0.1) is 6.92 Å². The summed E-state index contributed by atoms with van der Waals surface area (Å²) in [6, 6.07) is 22.5. The Balaban J connectivity index is 1.60. The van der Waals surface area contributed by atoms with Gasteiger partial charge in [-0.25, -0.2) is 0 Å². The van der Waals surface area contributed by atoms with E-state index in [4.69, 9.17) is 11.6 Å². The van der Waals surface area contributed by atoms with Gasteiger partial charge in [-0.15, -0.1) is 11.8 Å². The highest BCUT2D eigenvalue weighted by Crippen LogP contribution is 2.42. The molecule has 1 heterocycles. The van der Waals surface area contributed by atoms with Crippen LogP contribution >= 0.6 is 23.4 Å². The van der Waals surface area contributed by atoms with Gasteiger partial charge >= 0.3 is 0 Å². The number of carbonyl (C=O) groups excluding carboxylic acids is 2. The Morgan fingerprint density at radius 1 is 1.07 bits per heavy atom. The van der Waals surface area contributed by atoms with E-state index in [0.29, 0.717) is 22.0 Å². The van der Waals surface area contributed by atoms with Gasteiger partial charge in [0, 0.05) is 11.4 Å². The number of benzene rings is 3. The SMILES string of the molecule is Cc1cccc(N2C(=O)CS[C@H]2c2cccc(NC(=O)c3ccccc3Cl)c2)c1. The summed E-state index contributed by atoms with van der Waals surface area (Å²) < 4.78 is 0. The minimum Gasteiger partial charge on any atom is -0.322 e. The quantitative estimate of drug-likeness (QED) is 0.588. The molecule has 1 fully saturated rings. The summed E-state index contributed by atoms with van der Waals surface area (Å²) >= 11 is 7.71. The molecule has 1 atom stereocenters. The van der Waals surface area contributed by atoms with Gasteiger partial charge in [0.15, 0.2) is 0 Å². The third-order valence-electron chi connectivity index (χ3n) is 4.70. The molecule has 146 valence electrons. The predicted octanol–water partition coefficient (Wildman–Crippen LogP) is 5.68. The summed E-state index contributed by atoms with van der Waals surface area (Å²) in [5.41, 5.74) is 4.03. The first kappa shape index (κ1) is 19.6. The van der Waals surface area contributed by atoms with Crippen LogP contribution < -0.4 is 10.2 Å². The van der Waals surface area contributed by atoms with Crippen molar-refractivity contribution in [2.75, 3.05) is 16.0 Å². The molecule has 0 unspecified atom stereocenters. The molecular formula is C23H19ClN2O2S. The highest BCUT2D eigenvalue weighted by molar-refractivity contribution is 8.00. The van der Waals surface area contributed by atoms with Crippen LogP contribution in [0.4, 0.5) is 11.4 Å². The van der Waals surface area contributed by atoms with Gasteiger partial charge < -0.3 is 5.32 Å². The summed E-state index contributed by atoms with van der Waals surface area (Å²) in [7, 11) is 0. The van der Waals surface area contributed by atoms with Gasteiger partial charge in [0.05, 0.1) is 16.3 Å². The molecule has 6 heteroatoms. The van der Waals surface area contributed by atoms with Gasteiger partial charge in [-0.05, 0) is 54.4 Å². The van der Waals surface area contributed by atoms with Gasteiger partial charge in [-0.2, -0.15) is 0 Å². The Labute approximate surface area is 178 Å². The molecule has 0 radical (unpaired) electrons. The fraction of sp³-hybridized carbons (Fsp3) is 0.130. The predicted molar refractivity (Wildman–Crippen MR) is 120 cm³/mol. The molecule has 0 bridgehead atoms. The van der Waals surface area contributed by atoms with E-state index in [1.165, 1.54) is 0 Å². The molecule has 4 rings (SSSR count). The zero-order valence-corrected chi connectivity index (χ0v) is 17.3. The van der Waals surface area contributed by atoms with E-state index in [1.807, 2.05) is 60.4 Å². The fourth-order valence-electron chi connectivity index (χ4n) is 3.34. The van der Waals surface area contributed by atoms with Crippen LogP contribution in [0.5, 0.6) is 0 Å². The van der Waals surface area contributed by atoms with Crippen LogP contribution in [0.25, 0.3) is 0 Å². The molecule has 1 aliphatic heterocycles. The minimum atomic E-state index is -0.265. The monoisotopic (exact) mass is 422 g/mol. The van der Waals surface area contributed by atoms with Crippen LogP contribution in [0.15, 0.2) is 72.8 Å². The van der Waals surface area contributed by atoms with Crippen LogP contribution in [0.2, 0.25) is 5.02 Å². The summed E-state index contributed by atoms with van der Waals surface area (Å²) in [5, 5.41) is 3.17. The summed E-state index contributed by atoms with van der Waals surface area (Å²) in [5.74, 6) is 0.240. The van der Waals surface area contributed by atoms with E-state index in [-0.39, 0.29) is 17.2 Å². The lowest BCUT2D eigenvalue weighted by Crippen LogP contribution is -2.27. The largest absolute Gasteiger partial charge is 0.322 e. The summed E-state index contributed by atoms with van der Waals surface area (Å²) in [4.78, 5) is 27.0. The van der Waals surface area contributed by atoms with Gasteiger partial charge in [0.25, 0.3) is 5.91 Å². The summed E-state index contributed by atoms with van der Waals surface area (Å²) in [6.07, 6.45) is 0. The Hall–Kier alpha value is -2.76. The van der Waals surface area contributed by atoms with Crippen molar-refractivity contribution in [2.45, 2.75) is 12.3 Å². The Kier molecular flexibility index (Phi) is 5.60. The number of rotatable bonds is 4. The molecule has 0 saturated carbocycles. The number of amides is 2. The number of anilines is 2. The number of hydrogen-bond donors (Lipinski definition) is 1. The molecule has 0 aliphatic carbocycles. The number of carbonyl (C=O) groups is 2. The first-order valence-electron chi connectivity index (χ1n) is 9.19. The van der Waals surface area contributed by atoms with E-state index >= 15 is 0 Å². The van der Waals surface area contributed by atoms with Crippen LogP contribution in [0.3, 0.4) is 0 Å². The Morgan fingerprint density at radius 3 is 2.66 bits per heavy atom. The molecular weight excluding hydrogens is 404 g/mol. The van der Waals surface area contributed by atoms with Crippen molar-refractivity contribution in [3.8, 4) is 0 Å².